The number of anilines is 1. The summed E-state index contributed by atoms with van der Waals surface area (Å²) in [6.07, 6.45) is 11.7. The van der Waals surface area contributed by atoms with Crippen LogP contribution in [0.2, 0.25) is 0 Å². The molecular weight excluding hydrogens is 434 g/mol. The topological polar surface area (TPSA) is 63.7 Å². The summed E-state index contributed by atoms with van der Waals surface area (Å²) in [6.45, 7) is 2.55. The maximum atomic E-state index is 12.4. The molecule has 33 heavy (non-hydrogen) atoms. The molecule has 2 aliphatic heterocycles. The number of amides is 1. The summed E-state index contributed by atoms with van der Waals surface area (Å²) in [6, 6.07) is 10.2. The van der Waals surface area contributed by atoms with Crippen LogP contribution in [0.25, 0.3) is 6.08 Å². The number of thioether (sulfide) groups is 1. The molecule has 2 saturated heterocycles. The first-order valence-corrected chi connectivity index (χ1v) is 12.7. The molecule has 0 aliphatic carbocycles. The second kappa shape index (κ2) is 11.6. The van der Waals surface area contributed by atoms with Crippen molar-refractivity contribution < 1.29 is 14.3 Å². The van der Waals surface area contributed by atoms with Crippen molar-refractivity contribution in [2.75, 3.05) is 38.4 Å². The van der Waals surface area contributed by atoms with Crippen molar-refractivity contribution in [3.63, 3.8) is 0 Å². The number of nitrogens with one attached hydrogen (secondary N) is 1. The predicted molar refractivity (Wildman–Crippen MR) is 134 cm³/mol. The number of pyridine rings is 1. The Morgan fingerprint density at radius 1 is 1.15 bits per heavy atom. The Morgan fingerprint density at radius 2 is 2.03 bits per heavy atom. The zero-order chi connectivity index (χ0) is 23.0. The molecule has 0 spiro atoms. The lowest BCUT2D eigenvalue weighted by molar-refractivity contribution is -0.111. The summed E-state index contributed by atoms with van der Waals surface area (Å²) in [5.74, 6) is 3.01. The van der Waals surface area contributed by atoms with Gasteiger partial charge in [-0.25, -0.2) is 4.98 Å². The zero-order valence-electron chi connectivity index (χ0n) is 19.5. The van der Waals surface area contributed by atoms with Gasteiger partial charge in [-0.3, -0.25) is 4.79 Å². The second-order valence-electron chi connectivity index (χ2n) is 8.63. The van der Waals surface area contributed by atoms with E-state index in [0.717, 1.165) is 28.3 Å². The van der Waals surface area contributed by atoms with E-state index in [1.165, 1.54) is 51.3 Å². The first-order chi connectivity index (χ1) is 16.2. The largest absolute Gasteiger partial charge is 0.497 e. The number of nitrogens with zero attached hydrogens (tertiary/aromatic N) is 2. The highest BCUT2D eigenvalue weighted by molar-refractivity contribution is 7.99. The molecule has 3 heterocycles. The SMILES string of the molecule is COc1ccc(C=CC(=O)Nc2ccc(SCC3CCCN4CCCCC34)nc2)c(OC)c1. The predicted octanol–water partition coefficient (Wildman–Crippen LogP) is 5.11. The molecule has 0 bridgehead atoms. The second-order valence-corrected chi connectivity index (χ2v) is 9.67. The maximum absolute atomic E-state index is 12.4. The molecule has 1 aromatic carbocycles. The van der Waals surface area contributed by atoms with Crippen molar-refractivity contribution in [2.45, 2.75) is 43.2 Å². The first-order valence-electron chi connectivity index (χ1n) is 11.7. The lowest BCUT2D eigenvalue weighted by atomic mass is 9.85. The van der Waals surface area contributed by atoms with Crippen LogP contribution in [-0.4, -0.2) is 54.9 Å². The third-order valence-electron chi connectivity index (χ3n) is 6.53. The molecule has 2 aliphatic rings. The van der Waals surface area contributed by atoms with E-state index in [2.05, 4.69) is 15.2 Å². The molecule has 2 aromatic rings. The van der Waals surface area contributed by atoms with Crippen LogP contribution in [-0.2, 0) is 4.79 Å². The van der Waals surface area contributed by atoms with Crippen molar-refractivity contribution in [2.24, 2.45) is 5.92 Å². The van der Waals surface area contributed by atoms with Gasteiger partial charge in [-0.15, -0.1) is 11.8 Å². The monoisotopic (exact) mass is 467 g/mol. The fourth-order valence-electron chi connectivity index (χ4n) is 4.81. The van der Waals surface area contributed by atoms with Gasteiger partial charge in [-0.1, -0.05) is 6.42 Å². The molecule has 4 rings (SSSR count). The van der Waals surface area contributed by atoms with Crippen molar-refractivity contribution in [1.82, 2.24) is 9.88 Å². The smallest absolute Gasteiger partial charge is 0.248 e. The van der Waals surface area contributed by atoms with Gasteiger partial charge in [0.1, 0.15) is 11.5 Å². The molecule has 0 saturated carbocycles. The van der Waals surface area contributed by atoms with Gasteiger partial charge >= 0.3 is 0 Å². The highest BCUT2D eigenvalue weighted by atomic mass is 32.2. The maximum Gasteiger partial charge on any atom is 0.248 e. The summed E-state index contributed by atoms with van der Waals surface area (Å²) in [5, 5.41) is 3.89. The summed E-state index contributed by atoms with van der Waals surface area (Å²) >= 11 is 1.84. The Hall–Kier alpha value is -2.51. The number of methoxy groups -OCH3 is 2. The average Bonchev–Trinajstić information content (AvgIpc) is 2.87. The van der Waals surface area contributed by atoms with Crippen LogP contribution in [0.5, 0.6) is 11.5 Å². The van der Waals surface area contributed by atoms with E-state index >= 15 is 0 Å². The molecule has 2 unspecified atom stereocenters. The highest BCUT2D eigenvalue weighted by Gasteiger charge is 2.32. The van der Waals surface area contributed by atoms with Crippen LogP contribution < -0.4 is 14.8 Å². The van der Waals surface area contributed by atoms with Crippen molar-refractivity contribution in [1.29, 1.82) is 0 Å². The minimum absolute atomic E-state index is 0.213. The highest BCUT2D eigenvalue weighted by Crippen LogP contribution is 2.34. The normalized spacial score (nSPS) is 20.9. The van der Waals surface area contributed by atoms with Gasteiger partial charge in [0.15, 0.2) is 0 Å². The number of piperidine rings is 2. The van der Waals surface area contributed by atoms with Crippen LogP contribution in [0.4, 0.5) is 5.69 Å². The molecule has 7 heteroatoms. The Kier molecular flexibility index (Phi) is 8.29. The lowest BCUT2D eigenvalue weighted by Crippen LogP contribution is -2.48. The number of ether oxygens (including phenoxy) is 2. The van der Waals surface area contributed by atoms with E-state index in [0.29, 0.717) is 17.2 Å². The Labute approximate surface area is 200 Å². The molecule has 2 atom stereocenters. The molecule has 1 aromatic heterocycles. The lowest BCUT2D eigenvalue weighted by Gasteiger charge is -2.44. The molecule has 0 radical (unpaired) electrons. The van der Waals surface area contributed by atoms with Gasteiger partial charge in [0.2, 0.25) is 5.91 Å². The number of carbonyl (C=O) groups is 1. The Balaban J connectivity index is 1.28. The van der Waals surface area contributed by atoms with Gasteiger partial charge in [0.25, 0.3) is 0 Å². The minimum Gasteiger partial charge on any atom is -0.497 e. The number of hydrogen-bond donors (Lipinski definition) is 1. The van der Waals surface area contributed by atoms with Gasteiger partial charge < -0.3 is 19.7 Å². The fraction of sp³-hybridized carbons (Fsp3) is 0.462. The van der Waals surface area contributed by atoms with Crippen LogP contribution in [0, 0.1) is 5.92 Å². The van der Waals surface area contributed by atoms with Gasteiger partial charge in [-0.2, -0.15) is 0 Å². The Morgan fingerprint density at radius 3 is 2.82 bits per heavy atom. The number of fused-ring (bicyclic) bond motifs is 1. The number of carbonyl (C=O) groups excluding carboxylic acids is 1. The fourth-order valence-corrected chi connectivity index (χ4v) is 5.87. The third-order valence-corrected chi connectivity index (χ3v) is 7.66. The first kappa shape index (κ1) is 23.6. The van der Waals surface area contributed by atoms with E-state index in [-0.39, 0.29) is 5.91 Å². The zero-order valence-corrected chi connectivity index (χ0v) is 20.3. The number of hydrogen-bond acceptors (Lipinski definition) is 6. The summed E-state index contributed by atoms with van der Waals surface area (Å²) in [7, 11) is 3.20. The van der Waals surface area contributed by atoms with Gasteiger partial charge in [0, 0.05) is 29.5 Å². The van der Waals surface area contributed by atoms with Crippen molar-refractivity contribution >= 4 is 29.4 Å². The van der Waals surface area contributed by atoms with Gasteiger partial charge in [0.05, 0.1) is 31.1 Å². The molecular formula is C26H33N3O3S. The summed E-state index contributed by atoms with van der Waals surface area (Å²) in [4.78, 5) is 19.6. The molecule has 6 nitrogen and oxygen atoms in total. The van der Waals surface area contributed by atoms with Crippen LogP contribution in [0.1, 0.15) is 37.7 Å². The average molecular weight is 468 g/mol. The number of benzene rings is 1. The number of aromatic nitrogens is 1. The summed E-state index contributed by atoms with van der Waals surface area (Å²) in [5.41, 5.74) is 1.49. The van der Waals surface area contributed by atoms with Crippen molar-refractivity contribution in [3.8, 4) is 11.5 Å². The van der Waals surface area contributed by atoms with E-state index in [1.807, 2.05) is 36.0 Å². The van der Waals surface area contributed by atoms with Crippen LogP contribution in [0.15, 0.2) is 47.6 Å². The van der Waals surface area contributed by atoms with E-state index in [9.17, 15) is 4.79 Å². The van der Waals surface area contributed by atoms with E-state index < -0.39 is 0 Å². The van der Waals surface area contributed by atoms with Gasteiger partial charge in [-0.05, 0) is 75.0 Å². The summed E-state index contributed by atoms with van der Waals surface area (Å²) < 4.78 is 10.6. The number of rotatable bonds is 8. The van der Waals surface area contributed by atoms with E-state index in [4.69, 9.17) is 9.47 Å². The molecule has 1 N–H and O–H groups in total. The minimum atomic E-state index is -0.213. The third kappa shape index (κ3) is 6.30. The van der Waals surface area contributed by atoms with Crippen LogP contribution >= 0.6 is 11.8 Å². The van der Waals surface area contributed by atoms with E-state index in [1.54, 1.807) is 32.6 Å². The quantitative estimate of drug-likeness (QED) is 0.430. The van der Waals surface area contributed by atoms with Crippen molar-refractivity contribution in [3.05, 3.63) is 48.2 Å². The molecule has 1 amide bonds. The standard InChI is InChI=1S/C26H33N3O3S/c1-31-22-11-8-19(24(16-22)32-2)9-12-25(30)28-21-10-13-26(27-17-21)33-18-20-6-5-15-29-14-4-3-7-23(20)29/h8-13,16-17,20,23H,3-7,14-15,18H2,1-2H3,(H,28,30). The molecule has 2 fully saturated rings. The van der Waals surface area contributed by atoms with Crippen LogP contribution in [0.3, 0.4) is 0 Å². The Bertz CT molecular complexity index is 962. The molecule has 176 valence electrons.